The summed E-state index contributed by atoms with van der Waals surface area (Å²) in [6.07, 6.45) is 2.88. The number of carbonyl (C=O) groups is 2. The molecule has 0 bridgehead atoms. The zero-order valence-electron chi connectivity index (χ0n) is 24.1. The summed E-state index contributed by atoms with van der Waals surface area (Å²) in [6.45, 7) is 3.04. The number of primary amides is 1. The van der Waals surface area contributed by atoms with Crippen LogP contribution in [0.25, 0.3) is 16.9 Å². The summed E-state index contributed by atoms with van der Waals surface area (Å²) in [5.41, 5.74) is 9.34. The molecule has 1 heterocycles. The maximum atomic E-state index is 14.0. The van der Waals surface area contributed by atoms with Crippen molar-refractivity contribution in [1.29, 1.82) is 0 Å². The number of fused-ring (bicyclic) bond motifs is 3. The van der Waals surface area contributed by atoms with Crippen molar-refractivity contribution >= 4 is 17.4 Å². The number of rotatable bonds is 5. The van der Waals surface area contributed by atoms with Crippen LogP contribution in [0.1, 0.15) is 42.4 Å². The molecule has 4 aliphatic rings. The van der Waals surface area contributed by atoms with Gasteiger partial charge in [-0.3, -0.25) is 19.4 Å². The molecule has 2 aromatic carbocycles. The van der Waals surface area contributed by atoms with E-state index in [2.05, 4.69) is 17.0 Å². The van der Waals surface area contributed by atoms with Crippen LogP contribution in [-0.2, 0) is 22.6 Å². The molecule has 1 amide bonds. The van der Waals surface area contributed by atoms with Gasteiger partial charge >= 0.3 is 0 Å². The maximum Gasteiger partial charge on any atom is 0.250 e. The quantitative estimate of drug-likeness (QED) is 0.366. The topological polar surface area (TPSA) is 148 Å². The Morgan fingerprint density at radius 2 is 1.81 bits per heavy atom. The maximum absolute atomic E-state index is 14.0. The molecule has 2 aromatic rings. The zero-order valence-corrected chi connectivity index (χ0v) is 24.1. The predicted octanol–water partition coefficient (Wildman–Crippen LogP) is 3.29. The largest absolute Gasteiger partial charge is 0.510 e. The number of phenols is 1. The molecule has 0 radical (unpaired) electrons. The summed E-state index contributed by atoms with van der Waals surface area (Å²) >= 11 is 0. The third-order valence-electron chi connectivity index (χ3n) is 9.74. The number of allylic oxidation sites excluding steroid dienone is 1. The van der Waals surface area contributed by atoms with Gasteiger partial charge in [0.1, 0.15) is 17.3 Å². The van der Waals surface area contributed by atoms with E-state index in [9.17, 15) is 30.0 Å². The molecule has 9 nitrogen and oxygen atoms in total. The van der Waals surface area contributed by atoms with Crippen molar-refractivity contribution in [2.24, 2.45) is 23.5 Å². The molecule has 1 saturated heterocycles. The van der Waals surface area contributed by atoms with Gasteiger partial charge in [-0.05, 0) is 99.1 Å². The Morgan fingerprint density at radius 1 is 1.07 bits per heavy atom. The van der Waals surface area contributed by atoms with Gasteiger partial charge in [-0.25, -0.2) is 0 Å². The third kappa shape index (κ3) is 4.60. The van der Waals surface area contributed by atoms with E-state index in [1.807, 2.05) is 18.2 Å². The first-order valence-electron chi connectivity index (χ1n) is 14.8. The van der Waals surface area contributed by atoms with Crippen LogP contribution in [0, 0.1) is 17.8 Å². The van der Waals surface area contributed by atoms with Crippen LogP contribution in [0.5, 0.6) is 5.75 Å². The number of Topliss-reactive ketones (excluding diaryl/α,β-unsaturated/α-hetero) is 1. The van der Waals surface area contributed by atoms with Gasteiger partial charge in [0.25, 0.3) is 5.91 Å². The lowest BCUT2D eigenvalue weighted by Gasteiger charge is -2.48. The SMILES string of the molecule is CN(C)[C@@H]1C(O)=C(C(N)=O)[C@@H](O)C2C(=O)C3=C(O)c4c(O)ccc(-c5cccc(CN6CCCCC6)c5)c4CC3CC21. The number of aliphatic hydroxyl groups excluding tert-OH is 3. The van der Waals surface area contributed by atoms with Crippen LogP contribution in [0.15, 0.2) is 53.3 Å². The number of likely N-dealkylation sites (N-methyl/N-ethyl adjacent to an activating group) is 1. The van der Waals surface area contributed by atoms with Crippen molar-refractivity contribution in [3.05, 3.63) is 70.0 Å². The van der Waals surface area contributed by atoms with Crippen molar-refractivity contribution in [2.45, 2.75) is 50.8 Å². The molecule has 3 unspecified atom stereocenters. The van der Waals surface area contributed by atoms with Crippen LogP contribution in [0.4, 0.5) is 0 Å². The van der Waals surface area contributed by atoms with Crippen LogP contribution in [0.3, 0.4) is 0 Å². The molecule has 6 rings (SSSR count). The fourth-order valence-electron chi connectivity index (χ4n) is 7.94. The number of hydrogen-bond acceptors (Lipinski definition) is 8. The normalized spacial score (nSPS) is 28.0. The van der Waals surface area contributed by atoms with E-state index >= 15 is 0 Å². The highest BCUT2D eigenvalue weighted by molar-refractivity contribution is 6.07. The van der Waals surface area contributed by atoms with Gasteiger partial charge in [0.2, 0.25) is 0 Å². The fourth-order valence-corrected chi connectivity index (χ4v) is 7.94. The second-order valence-corrected chi connectivity index (χ2v) is 12.5. The number of nitrogens with zero attached hydrogens (tertiary/aromatic N) is 2. The van der Waals surface area contributed by atoms with Crippen molar-refractivity contribution in [3.8, 4) is 16.9 Å². The molecule has 3 aliphatic carbocycles. The van der Waals surface area contributed by atoms with Crippen molar-refractivity contribution < 1.29 is 30.0 Å². The highest BCUT2D eigenvalue weighted by Crippen LogP contribution is 2.52. The van der Waals surface area contributed by atoms with Gasteiger partial charge < -0.3 is 26.2 Å². The lowest BCUT2D eigenvalue weighted by Crippen LogP contribution is -2.57. The summed E-state index contributed by atoms with van der Waals surface area (Å²) in [5.74, 6) is -4.18. The van der Waals surface area contributed by atoms with E-state index in [4.69, 9.17) is 5.73 Å². The smallest absolute Gasteiger partial charge is 0.250 e. The molecule has 2 fully saturated rings. The van der Waals surface area contributed by atoms with Crippen LogP contribution < -0.4 is 5.73 Å². The molecule has 0 aromatic heterocycles. The van der Waals surface area contributed by atoms with Crippen LogP contribution in [-0.4, -0.2) is 81.2 Å². The minimum Gasteiger partial charge on any atom is -0.510 e. The molecule has 42 heavy (non-hydrogen) atoms. The van der Waals surface area contributed by atoms with Crippen molar-refractivity contribution in [2.75, 3.05) is 27.2 Å². The van der Waals surface area contributed by atoms with Gasteiger partial charge in [0, 0.05) is 12.1 Å². The van der Waals surface area contributed by atoms with Gasteiger partial charge in [-0.15, -0.1) is 0 Å². The molecule has 222 valence electrons. The highest BCUT2D eigenvalue weighted by Gasteiger charge is 2.55. The molecule has 0 spiro atoms. The Kier molecular flexibility index (Phi) is 7.37. The van der Waals surface area contributed by atoms with E-state index < -0.39 is 41.6 Å². The lowest BCUT2D eigenvalue weighted by atomic mass is 9.59. The zero-order chi connectivity index (χ0) is 29.9. The summed E-state index contributed by atoms with van der Waals surface area (Å²) < 4.78 is 0. The van der Waals surface area contributed by atoms with E-state index in [1.54, 1.807) is 25.1 Å². The first-order valence-corrected chi connectivity index (χ1v) is 14.8. The molecule has 6 N–H and O–H groups in total. The van der Waals surface area contributed by atoms with E-state index in [-0.39, 0.29) is 34.0 Å². The first-order chi connectivity index (χ1) is 20.1. The van der Waals surface area contributed by atoms with Gasteiger partial charge in [0.05, 0.1) is 29.2 Å². The summed E-state index contributed by atoms with van der Waals surface area (Å²) in [6, 6.07) is 11.0. The molecular formula is C33H39N3O6. The highest BCUT2D eigenvalue weighted by atomic mass is 16.3. The predicted molar refractivity (Wildman–Crippen MR) is 158 cm³/mol. The average Bonchev–Trinajstić information content (AvgIpc) is 2.93. The number of aromatic hydroxyl groups is 1. The van der Waals surface area contributed by atoms with Gasteiger partial charge in [-0.1, -0.05) is 30.7 Å². The van der Waals surface area contributed by atoms with E-state index in [0.717, 1.165) is 36.3 Å². The molecule has 1 saturated carbocycles. The lowest BCUT2D eigenvalue weighted by molar-refractivity contribution is -0.131. The number of amides is 1. The minimum absolute atomic E-state index is 0.123. The Labute approximate surface area is 245 Å². The Morgan fingerprint density at radius 3 is 2.50 bits per heavy atom. The number of phenolic OH excluding ortho intramolecular Hbond substituents is 1. The second kappa shape index (κ2) is 10.9. The number of carbonyl (C=O) groups excluding carboxylic acids is 2. The monoisotopic (exact) mass is 573 g/mol. The molecule has 5 atom stereocenters. The number of piperidine rings is 1. The van der Waals surface area contributed by atoms with Crippen molar-refractivity contribution in [1.82, 2.24) is 9.80 Å². The summed E-state index contributed by atoms with van der Waals surface area (Å²) in [7, 11) is 3.48. The summed E-state index contributed by atoms with van der Waals surface area (Å²) in [5, 5.41) is 44.6. The molecule has 1 aliphatic heterocycles. The molecular weight excluding hydrogens is 534 g/mol. The van der Waals surface area contributed by atoms with Gasteiger partial charge in [0.15, 0.2) is 5.78 Å². The first kappa shape index (κ1) is 28.5. The Hall–Kier alpha value is -3.66. The Bertz CT molecular complexity index is 1510. The minimum atomic E-state index is -1.60. The number of aliphatic hydroxyl groups is 3. The number of benzene rings is 2. The number of likely N-dealkylation sites (tertiary alicyclic amines) is 1. The van der Waals surface area contributed by atoms with E-state index in [1.165, 1.54) is 24.8 Å². The van der Waals surface area contributed by atoms with Gasteiger partial charge in [-0.2, -0.15) is 0 Å². The van der Waals surface area contributed by atoms with E-state index in [0.29, 0.717) is 12.8 Å². The second-order valence-electron chi connectivity index (χ2n) is 12.5. The van der Waals surface area contributed by atoms with Crippen LogP contribution >= 0.6 is 0 Å². The number of ketones is 1. The fraction of sp³-hybridized carbons (Fsp3) is 0.455. The summed E-state index contributed by atoms with van der Waals surface area (Å²) in [4.78, 5) is 30.4. The standard InChI is InChI=1S/C33H39N3O6/c1-35(2)28-22-15-19-14-21-20(18-8-6-7-17(13-18)16-36-11-4-3-5-12-36)9-10-23(37)25(21)29(38)24(19)30(39)26(22)31(40)27(32(28)41)33(34)42/h6-10,13,19,22,26,28,31,37-38,40-41H,3-5,11-12,14-16H2,1-2H3,(H2,34,42)/t19?,22?,26?,28-,31-/m0/s1. The Balaban J connectivity index is 1.41. The number of hydrogen-bond donors (Lipinski definition) is 5. The molecule has 9 heteroatoms. The number of nitrogens with two attached hydrogens (primary N) is 1. The average molecular weight is 574 g/mol. The van der Waals surface area contributed by atoms with Crippen molar-refractivity contribution in [3.63, 3.8) is 0 Å². The third-order valence-corrected chi connectivity index (χ3v) is 9.74. The van der Waals surface area contributed by atoms with Crippen LogP contribution in [0.2, 0.25) is 0 Å².